The Morgan fingerprint density at radius 1 is 1.00 bits per heavy atom. The Balaban J connectivity index is 2.41. The van der Waals surface area contributed by atoms with Crippen LogP contribution >= 0.6 is 0 Å². The molecule has 2 aromatic rings. The van der Waals surface area contributed by atoms with Crippen molar-refractivity contribution in [2.75, 3.05) is 0 Å². The third kappa shape index (κ3) is 2.62. The topological polar surface area (TPSA) is 4.36 Å². The molecule has 17 heavy (non-hydrogen) atoms. The third-order valence-electron chi connectivity index (χ3n) is 2.66. The predicted molar refractivity (Wildman–Crippen MR) is 72.7 cm³/mol. The van der Waals surface area contributed by atoms with E-state index in [-0.39, 0.29) is 0 Å². The highest BCUT2D eigenvalue weighted by molar-refractivity contribution is 5.84. The zero-order valence-corrected chi connectivity index (χ0v) is 9.72. The molecule has 1 heteroatoms. The van der Waals surface area contributed by atoms with Crippen LogP contribution in [0.25, 0.3) is 16.5 Å². The van der Waals surface area contributed by atoms with Gasteiger partial charge in [0.2, 0.25) is 0 Å². The first-order chi connectivity index (χ1) is 8.31. The average molecular weight is 219 g/mol. The number of nitrogens with zero attached hydrogens (tertiary/aromatic N) is 1. The quantitative estimate of drug-likeness (QED) is 0.505. The summed E-state index contributed by atoms with van der Waals surface area (Å²) in [6.45, 7) is 9.19. The molecule has 0 aliphatic carbocycles. The van der Waals surface area contributed by atoms with Crippen molar-refractivity contribution in [3.8, 4) is 0 Å². The third-order valence-corrected chi connectivity index (χ3v) is 2.66. The Kier molecular flexibility index (Phi) is 3.37. The fourth-order valence-electron chi connectivity index (χ4n) is 1.73. The van der Waals surface area contributed by atoms with Gasteiger partial charge in [-0.1, -0.05) is 60.7 Å². The van der Waals surface area contributed by atoms with Gasteiger partial charge in [0, 0.05) is 0 Å². The lowest BCUT2D eigenvalue weighted by Gasteiger charge is -2.03. The minimum Gasteiger partial charge on any atom is -0.238 e. The van der Waals surface area contributed by atoms with Gasteiger partial charge in [0.15, 0.2) is 5.69 Å². The second-order valence-corrected chi connectivity index (χ2v) is 3.86. The van der Waals surface area contributed by atoms with Gasteiger partial charge >= 0.3 is 0 Å². The first-order valence-corrected chi connectivity index (χ1v) is 5.51. The van der Waals surface area contributed by atoms with Crippen LogP contribution in [0.2, 0.25) is 0 Å². The van der Waals surface area contributed by atoms with Crippen LogP contribution in [0.3, 0.4) is 0 Å². The van der Waals surface area contributed by atoms with Crippen LogP contribution in [0.4, 0.5) is 5.69 Å². The van der Waals surface area contributed by atoms with E-state index < -0.39 is 0 Å². The molecule has 0 bridgehead atoms. The van der Waals surface area contributed by atoms with Gasteiger partial charge in [0.1, 0.15) is 0 Å². The van der Waals surface area contributed by atoms with Crippen LogP contribution in [0.1, 0.15) is 18.1 Å². The van der Waals surface area contributed by atoms with E-state index in [2.05, 4.69) is 30.0 Å². The maximum Gasteiger partial charge on any atom is 0.194 e. The molecule has 0 fully saturated rings. The molecule has 0 radical (unpaired) electrons. The molecule has 0 spiro atoms. The summed E-state index contributed by atoms with van der Waals surface area (Å²) in [5.74, 6) is 0. The van der Waals surface area contributed by atoms with Crippen LogP contribution in [-0.4, -0.2) is 0 Å². The Morgan fingerprint density at radius 2 is 1.65 bits per heavy atom. The van der Waals surface area contributed by atoms with Crippen molar-refractivity contribution in [1.82, 2.24) is 0 Å². The molecule has 0 amide bonds. The number of allylic oxidation sites excluding steroid dienone is 1. The molecular formula is C16H13N. The highest BCUT2D eigenvalue weighted by atomic mass is 14.6. The lowest BCUT2D eigenvalue weighted by atomic mass is 10.0. The van der Waals surface area contributed by atoms with Gasteiger partial charge in [-0.3, -0.25) is 0 Å². The van der Waals surface area contributed by atoms with Gasteiger partial charge in [-0.2, -0.15) is 0 Å². The van der Waals surface area contributed by atoms with Crippen LogP contribution in [0, 0.1) is 6.57 Å². The average Bonchev–Trinajstić information content (AvgIpc) is 2.40. The van der Waals surface area contributed by atoms with Gasteiger partial charge in [-0.15, -0.1) is 0 Å². The Labute approximate surface area is 102 Å². The Bertz CT molecular complexity index is 574. The highest BCUT2D eigenvalue weighted by Crippen LogP contribution is 2.24. The van der Waals surface area contributed by atoms with E-state index in [9.17, 15) is 0 Å². The fraction of sp³-hybridized carbons (Fsp3) is 0.0625. The highest BCUT2D eigenvalue weighted by Gasteiger charge is 1.99. The summed E-state index contributed by atoms with van der Waals surface area (Å²) in [6, 6.07) is 17.9. The van der Waals surface area contributed by atoms with Crippen molar-refractivity contribution < 1.29 is 0 Å². The van der Waals surface area contributed by atoms with Crippen molar-refractivity contribution in [2.24, 2.45) is 0 Å². The van der Waals surface area contributed by atoms with Gasteiger partial charge in [-0.25, -0.2) is 4.85 Å². The second kappa shape index (κ2) is 5.14. The van der Waals surface area contributed by atoms with Crippen LogP contribution in [-0.2, 0) is 0 Å². The lowest BCUT2D eigenvalue weighted by Crippen LogP contribution is -1.79. The molecule has 82 valence electrons. The van der Waals surface area contributed by atoms with E-state index >= 15 is 0 Å². The van der Waals surface area contributed by atoms with E-state index in [1.807, 2.05) is 42.5 Å². The number of hydrogen-bond acceptors (Lipinski definition) is 0. The van der Waals surface area contributed by atoms with Gasteiger partial charge in [0.25, 0.3) is 0 Å². The van der Waals surface area contributed by atoms with E-state index in [1.54, 1.807) is 0 Å². The standard InChI is InChI=1S/C16H13N/c1-13(14-8-4-3-5-9-14)12-15-10-6-7-11-16(15)17-2/h3-12H,1H3/b13-12+. The molecule has 0 unspecified atom stereocenters. The molecule has 0 heterocycles. The van der Waals surface area contributed by atoms with Crippen LogP contribution in [0.5, 0.6) is 0 Å². The molecule has 2 aromatic carbocycles. The molecular weight excluding hydrogens is 206 g/mol. The van der Waals surface area contributed by atoms with E-state index in [1.165, 1.54) is 11.1 Å². The summed E-state index contributed by atoms with van der Waals surface area (Å²) in [4.78, 5) is 3.52. The molecule has 1 nitrogen and oxygen atoms in total. The minimum absolute atomic E-state index is 0.697. The monoisotopic (exact) mass is 219 g/mol. The summed E-state index contributed by atoms with van der Waals surface area (Å²) in [5, 5.41) is 0. The molecule has 0 aliphatic heterocycles. The molecule has 0 aliphatic rings. The number of para-hydroxylation sites is 1. The summed E-state index contributed by atoms with van der Waals surface area (Å²) < 4.78 is 0. The van der Waals surface area contributed by atoms with Crippen molar-refractivity contribution >= 4 is 17.3 Å². The van der Waals surface area contributed by atoms with Crippen molar-refractivity contribution in [3.05, 3.63) is 77.1 Å². The molecule has 0 N–H and O–H groups in total. The number of hydrogen-bond donors (Lipinski definition) is 0. The van der Waals surface area contributed by atoms with Crippen molar-refractivity contribution in [3.63, 3.8) is 0 Å². The fourth-order valence-corrected chi connectivity index (χ4v) is 1.73. The summed E-state index contributed by atoms with van der Waals surface area (Å²) in [5.41, 5.74) is 4.03. The maximum absolute atomic E-state index is 7.13. The maximum atomic E-state index is 7.13. The summed E-state index contributed by atoms with van der Waals surface area (Å²) in [7, 11) is 0. The zero-order valence-electron chi connectivity index (χ0n) is 9.72. The molecule has 0 atom stereocenters. The summed E-state index contributed by atoms with van der Waals surface area (Å²) >= 11 is 0. The first-order valence-electron chi connectivity index (χ1n) is 5.51. The van der Waals surface area contributed by atoms with Crippen molar-refractivity contribution in [1.29, 1.82) is 0 Å². The SMILES string of the molecule is [C-]#[N+]c1ccccc1/C=C(\C)c1ccccc1. The number of benzene rings is 2. The molecule has 2 rings (SSSR count). The lowest BCUT2D eigenvalue weighted by molar-refractivity contribution is 1.57. The van der Waals surface area contributed by atoms with E-state index in [4.69, 9.17) is 6.57 Å². The van der Waals surface area contributed by atoms with E-state index in [0.29, 0.717) is 5.69 Å². The summed E-state index contributed by atoms with van der Waals surface area (Å²) in [6.07, 6.45) is 2.06. The Hall–Kier alpha value is -2.33. The van der Waals surface area contributed by atoms with E-state index in [0.717, 1.165) is 5.56 Å². The number of rotatable bonds is 2. The van der Waals surface area contributed by atoms with Gasteiger partial charge < -0.3 is 0 Å². The smallest absolute Gasteiger partial charge is 0.194 e. The van der Waals surface area contributed by atoms with Crippen LogP contribution < -0.4 is 0 Å². The van der Waals surface area contributed by atoms with Crippen LogP contribution in [0.15, 0.2) is 54.6 Å². The second-order valence-electron chi connectivity index (χ2n) is 3.86. The zero-order chi connectivity index (χ0) is 12.1. The van der Waals surface area contributed by atoms with Gasteiger partial charge in [-0.05, 0) is 23.6 Å². The first kappa shape index (κ1) is 11.2. The molecule has 0 saturated heterocycles. The van der Waals surface area contributed by atoms with Crippen molar-refractivity contribution in [2.45, 2.75) is 6.92 Å². The predicted octanol–water partition coefficient (Wildman–Crippen LogP) is 4.80. The minimum atomic E-state index is 0.697. The molecule has 0 aromatic heterocycles. The van der Waals surface area contributed by atoms with Gasteiger partial charge in [0.05, 0.1) is 6.57 Å². The Morgan fingerprint density at radius 3 is 2.35 bits per heavy atom. The largest absolute Gasteiger partial charge is 0.238 e. The normalized spacial score (nSPS) is 10.9. The molecule has 0 saturated carbocycles.